The first kappa shape index (κ1) is 14.8. The van der Waals surface area contributed by atoms with Crippen LogP contribution in [0, 0.1) is 0 Å². The number of carbonyl (C=O) groups excluding carboxylic acids is 2. The minimum Gasteiger partial charge on any atom is -0.350 e. The van der Waals surface area contributed by atoms with Crippen LogP contribution in [0.2, 0.25) is 0 Å². The van der Waals surface area contributed by atoms with Crippen LogP contribution in [0.4, 0.5) is 11.4 Å². The average molecular weight is 321 g/mol. The molecule has 0 aromatic heterocycles. The lowest BCUT2D eigenvalue weighted by Crippen LogP contribution is -2.62. The van der Waals surface area contributed by atoms with Crippen LogP contribution < -0.4 is 10.2 Å². The molecule has 1 atom stereocenters. The van der Waals surface area contributed by atoms with Gasteiger partial charge in [0.15, 0.2) is 0 Å². The van der Waals surface area contributed by atoms with Gasteiger partial charge in [0.25, 0.3) is 11.8 Å². The van der Waals surface area contributed by atoms with Crippen LogP contribution in [0.3, 0.4) is 0 Å². The fourth-order valence-electron chi connectivity index (χ4n) is 3.75. The van der Waals surface area contributed by atoms with Gasteiger partial charge in [-0.1, -0.05) is 37.3 Å². The maximum Gasteiger partial charge on any atom is 0.278 e. The summed E-state index contributed by atoms with van der Waals surface area (Å²) in [5, 5.41) is 3.39. The summed E-state index contributed by atoms with van der Waals surface area (Å²) < 4.78 is 0. The second kappa shape index (κ2) is 5.09. The lowest BCUT2D eigenvalue weighted by atomic mass is 9.93. The fraction of sp³-hybridized carbons (Fsp3) is 0.263. The van der Waals surface area contributed by atoms with Crippen molar-refractivity contribution in [3.63, 3.8) is 0 Å². The van der Waals surface area contributed by atoms with Crippen LogP contribution in [-0.4, -0.2) is 30.3 Å². The number of amides is 2. The maximum atomic E-state index is 13.2. The number of likely N-dealkylation sites (N-methyl/N-ethyl adjacent to an activating group) is 1. The molecule has 0 bridgehead atoms. The molecular weight excluding hydrogens is 302 g/mol. The molecule has 2 amide bonds. The Hall–Kier alpha value is -2.82. The van der Waals surface area contributed by atoms with E-state index in [9.17, 15) is 9.59 Å². The molecule has 1 N–H and O–H groups in total. The van der Waals surface area contributed by atoms with Crippen molar-refractivity contribution in [2.24, 2.45) is 0 Å². The standard InChI is InChI=1S/C19H19N3O2/c1-3-12-22-17(23)13-8-4-6-10-15(13)20-19(22)14-9-5-7-11-16(14)21(2)18(19)24/h4-11,20H,3,12H2,1-2H3/t19-/m1/s1. The molecule has 0 aliphatic carbocycles. The van der Waals surface area contributed by atoms with Crippen LogP contribution in [0.25, 0.3) is 0 Å². The number of benzene rings is 2. The zero-order valence-electron chi connectivity index (χ0n) is 13.7. The Kier molecular flexibility index (Phi) is 3.13. The molecule has 4 rings (SSSR count). The molecule has 0 fully saturated rings. The van der Waals surface area contributed by atoms with Gasteiger partial charge in [-0.25, -0.2) is 0 Å². The number of fused-ring (bicyclic) bond motifs is 3. The van der Waals surface area contributed by atoms with Gasteiger partial charge < -0.3 is 15.1 Å². The van der Waals surface area contributed by atoms with Crippen molar-refractivity contribution in [3.05, 3.63) is 59.7 Å². The van der Waals surface area contributed by atoms with Crippen LogP contribution in [0.1, 0.15) is 29.3 Å². The van der Waals surface area contributed by atoms with Gasteiger partial charge in [0.1, 0.15) is 0 Å². The molecule has 2 aromatic carbocycles. The molecule has 0 saturated carbocycles. The van der Waals surface area contributed by atoms with Crippen molar-refractivity contribution < 1.29 is 9.59 Å². The summed E-state index contributed by atoms with van der Waals surface area (Å²) in [6.45, 7) is 2.52. The third-order valence-electron chi connectivity index (χ3n) is 4.84. The first-order chi connectivity index (χ1) is 11.6. The zero-order valence-corrected chi connectivity index (χ0v) is 13.7. The predicted octanol–water partition coefficient (Wildman–Crippen LogP) is 2.79. The van der Waals surface area contributed by atoms with E-state index in [0.717, 1.165) is 17.7 Å². The Labute approximate surface area is 140 Å². The highest BCUT2D eigenvalue weighted by molar-refractivity contribution is 6.15. The first-order valence-corrected chi connectivity index (χ1v) is 8.18. The number of hydrogen-bond acceptors (Lipinski definition) is 3. The highest BCUT2D eigenvalue weighted by Crippen LogP contribution is 2.47. The van der Waals surface area contributed by atoms with E-state index in [0.29, 0.717) is 17.8 Å². The molecule has 2 heterocycles. The molecule has 0 unspecified atom stereocenters. The van der Waals surface area contributed by atoms with Gasteiger partial charge in [-0.05, 0) is 24.6 Å². The summed E-state index contributed by atoms with van der Waals surface area (Å²) in [6, 6.07) is 15.0. The van der Waals surface area contributed by atoms with Gasteiger partial charge in [-0.15, -0.1) is 0 Å². The number of hydrogen-bond donors (Lipinski definition) is 1. The highest BCUT2D eigenvalue weighted by atomic mass is 16.2. The third-order valence-corrected chi connectivity index (χ3v) is 4.84. The van der Waals surface area contributed by atoms with E-state index in [2.05, 4.69) is 5.32 Å². The lowest BCUT2D eigenvalue weighted by Gasteiger charge is -2.45. The number of para-hydroxylation sites is 2. The summed E-state index contributed by atoms with van der Waals surface area (Å²) in [5.41, 5.74) is 1.81. The maximum absolute atomic E-state index is 13.2. The Morgan fingerprint density at radius 2 is 1.75 bits per heavy atom. The molecule has 1 spiro atoms. The molecule has 2 aliphatic heterocycles. The molecule has 24 heavy (non-hydrogen) atoms. The van der Waals surface area contributed by atoms with E-state index in [1.165, 1.54) is 0 Å². The predicted molar refractivity (Wildman–Crippen MR) is 92.9 cm³/mol. The summed E-state index contributed by atoms with van der Waals surface area (Å²) in [7, 11) is 1.76. The number of nitrogens with one attached hydrogen (secondary N) is 1. The number of nitrogens with zero attached hydrogens (tertiary/aromatic N) is 2. The lowest BCUT2D eigenvalue weighted by molar-refractivity contribution is -0.127. The topological polar surface area (TPSA) is 52.7 Å². The molecular formula is C19H19N3O2. The smallest absolute Gasteiger partial charge is 0.278 e. The van der Waals surface area contributed by atoms with Gasteiger partial charge in [0.05, 0.1) is 11.3 Å². The molecule has 2 aliphatic rings. The van der Waals surface area contributed by atoms with Crippen molar-refractivity contribution in [1.82, 2.24) is 4.90 Å². The van der Waals surface area contributed by atoms with E-state index in [1.807, 2.05) is 49.4 Å². The van der Waals surface area contributed by atoms with Gasteiger partial charge in [-0.3, -0.25) is 9.59 Å². The summed E-state index contributed by atoms with van der Waals surface area (Å²) in [5.74, 6) is -0.232. The van der Waals surface area contributed by atoms with Crippen LogP contribution in [0.15, 0.2) is 48.5 Å². The summed E-state index contributed by atoms with van der Waals surface area (Å²) in [4.78, 5) is 29.7. The van der Waals surface area contributed by atoms with Crippen molar-refractivity contribution in [3.8, 4) is 0 Å². The van der Waals surface area contributed by atoms with Crippen LogP contribution in [0.5, 0.6) is 0 Å². The van der Waals surface area contributed by atoms with E-state index in [4.69, 9.17) is 0 Å². The number of carbonyl (C=O) groups is 2. The highest BCUT2D eigenvalue weighted by Gasteiger charge is 2.57. The van der Waals surface area contributed by atoms with Crippen molar-refractivity contribution in [2.45, 2.75) is 19.0 Å². The number of rotatable bonds is 2. The quantitative estimate of drug-likeness (QED) is 0.925. The van der Waals surface area contributed by atoms with E-state index < -0.39 is 5.66 Å². The second-order valence-corrected chi connectivity index (χ2v) is 6.22. The van der Waals surface area contributed by atoms with Crippen LogP contribution >= 0.6 is 0 Å². The van der Waals surface area contributed by atoms with Gasteiger partial charge >= 0.3 is 0 Å². The van der Waals surface area contributed by atoms with Crippen LogP contribution in [-0.2, 0) is 10.5 Å². The zero-order chi connectivity index (χ0) is 16.9. The average Bonchev–Trinajstić information content (AvgIpc) is 2.82. The minimum absolute atomic E-state index is 0.107. The van der Waals surface area contributed by atoms with Gasteiger partial charge in [-0.2, -0.15) is 0 Å². The Bertz CT molecular complexity index is 848. The Morgan fingerprint density at radius 3 is 2.54 bits per heavy atom. The van der Waals surface area contributed by atoms with E-state index >= 15 is 0 Å². The second-order valence-electron chi connectivity index (χ2n) is 6.22. The summed E-state index contributed by atoms with van der Waals surface area (Å²) in [6.07, 6.45) is 0.774. The normalized spacial score (nSPS) is 21.8. The van der Waals surface area contributed by atoms with Crippen molar-refractivity contribution >= 4 is 23.2 Å². The molecule has 5 nitrogen and oxygen atoms in total. The van der Waals surface area contributed by atoms with E-state index in [-0.39, 0.29) is 11.8 Å². The van der Waals surface area contributed by atoms with E-state index in [1.54, 1.807) is 22.9 Å². The molecule has 0 radical (unpaired) electrons. The number of anilines is 2. The van der Waals surface area contributed by atoms with Crippen molar-refractivity contribution in [2.75, 3.05) is 23.8 Å². The monoisotopic (exact) mass is 321 g/mol. The molecule has 0 saturated heterocycles. The fourth-order valence-corrected chi connectivity index (χ4v) is 3.75. The molecule has 2 aromatic rings. The molecule has 122 valence electrons. The van der Waals surface area contributed by atoms with Gasteiger partial charge in [0.2, 0.25) is 5.66 Å². The summed E-state index contributed by atoms with van der Waals surface area (Å²) >= 11 is 0. The first-order valence-electron chi connectivity index (χ1n) is 8.18. The molecule has 5 heteroatoms. The SMILES string of the molecule is CCCN1C(=O)c2ccccc2N[C@@]12C(=O)N(C)c1ccccc12. The Balaban J connectivity index is 1.99. The largest absolute Gasteiger partial charge is 0.350 e. The van der Waals surface area contributed by atoms with Crippen molar-refractivity contribution in [1.29, 1.82) is 0 Å². The minimum atomic E-state index is -1.16. The Morgan fingerprint density at radius 1 is 1.04 bits per heavy atom. The third kappa shape index (κ3) is 1.69. The van der Waals surface area contributed by atoms with Gasteiger partial charge in [0, 0.05) is 24.8 Å².